The standard InChI is InChI=1S/C11H22INO/c1-2-3-4-5-6-7-8-9-10(12)11(13)14/h10H,2-9H2,1H3,(H2,13,14). The van der Waals surface area contributed by atoms with E-state index in [0.29, 0.717) is 0 Å². The van der Waals surface area contributed by atoms with Gasteiger partial charge in [-0.05, 0) is 6.42 Å². The van der Waals surface area contributed by atoms with Crippen LogP contribution in [0.15, 0.2) is 0 Å². The lowest BCUT2D eigenvalue weighted by molar-refractivity contribution is -0.117. The number of hydrogen-bond donors (Lipinski definition) is 1. The highest BCUT2D eigenvalue weighted by atomic mass is 127. The van der Waals surface area contributed by atoms with Crippen molar-refractivity contribution in [1.29, 1.82) is 0 Å². The van der Waals surface area contributed by atoms with Gasteiger partial charge in [0.15, 0.2) is 0 Å². The molecule has 1 atom stereocenters. The molecule has 2 nitrogen and oxygen atoms in total. The van der Waals surface area contributed by atoms with Crippen LogP contribution >= 0.6 is 22.6 Å². The first-order valence-electron chi connectivity index (χ1n) is 5.62. The van der Waals surface area contributed by atoms with Crippen molar-refractivity contribution in [3.63, 3.8) is 0 Å². The van der Waals surface area contributed by atoms with Gasteiger partial charge in [-0.15, -0.1) is 0 Å². The van der Waals surface area contributed by atoms with Crippen LogP contribution < -0.4 is 5.73 Å². The fourth-order valence-electron chi connectivity index (χ4n) is 1.42. The zero-order valence-electron chi connectivity index (χ0n) is 9.10. The van der Waals surface area contributed by atoms with Crippen LogP contribution in [-0.4, -0.2) is 9.83 Å². The number of halogens is 1. The lowest BCUT2D eigenvalue weighted by atomic mass is 10.1. The molecule has 3 heteroatoms. The van der Waals surface area contributed by atoms with E-state index in [1.165, 1.54) is 38.5 Å². The smallest absolute Gasteiger partial charge is 0.230 e. The van der Waals surface area contributed by atoms with Crippen molar-refractivity contribution in [2.45, 2.75) is 62.2 Å². The Balaban J connectivity index is 3.09. The number of rotatable bonds is 9. The van der Waals surface area contributed by atoms with Gasteiger partial charge >= 0.3 is 0 Å². The first kappa shape index (κ1) is 14.2. The van der Waals surface area contributed by atoms with Gasteiger partial charge in [-0.25, -0.2) is 0 Å². The number of nitrogens with two attached hydrogens (primary N) is 1. The Morgan fingerprint density at radius 3 is 2.14 bits per heavy atom. The van der Waals surface area contributed by atoms with Crippen LogP contribution in [0.3, 0.4) is 0 Å². The first-order valence-corrected chi connectivity index (χ1v) is 6.86. The van der Waals surface area contributed by atoms with Gasteiger partial charge < -0.3 is 5.73 Å². The molecule has 0 aliphatic carbocycles. The van der Waals surface area contributed by atoms with Gasteiger partial charge in [-0.3, -0.25) is 4.79 Å². The summed E-state index contributed by atoms with van der Waals surface area (Å²) < 4.78 is 0.0308. The van der Waals surface area contributed by atoms with Crippen molar-refractivity contribution in [3.8, 4) is 0 Å². The van der Waals surface area contributed by atoms with Crippen LogP contribution in [0.4, 0.5) is 0 Å². The molecule has 2 N–H and O–H groups in total. The van der Waals surface area contributed by atoms with Gasteiger partial charge in [0.2, 0.25) is 5.91 Å². The van der Waals surface area contributed by atoms with Crippen molar-refractivity contribution < 1.29 is 4.79 Å². The summed E-state index contributed by atoms with van der Waals surface area (Å²) in [7, 11) is 0. The molecular formula is C11H22INO. The lowest BCUT2D eigenvalue weighted by Gasteiger charge is -2.04. The summed E-state index contributed by atoms with van der Waals surface area (Å²) in [6, 6.07) is 0. The van der Waals surface area contributed by atoms with E-state index in [2.05, 4.69) is 29.5 Å². The van der Waals surface area contributed by atoms with E-state index < -0.39 is 0 Å². The molecular weight excluding hydrogens is 289 g/mol. The van der Waals surface area contributed by atoms with E-state index >= 15 is 0 Å². The van der Waals surface area contributed by atoms with Crippen molar-refractivity contribution in [3.05, 3.63) is 0 Å². The molecule has 0 aliphatic rings. The Bertz CT molecular complexity index is 150. The van der Waals surface area contributed by atoms with Crippen LogP contribution in [0, 0.1) is 0 Å². The van der Waals surface area contributed by atoms with E-state index in [-0.39, 0.29) is 9.83 Å². The minimum Gasteiger partial charge on any atom is -0.369 e. The SMILES string of the molecule is CCCCCCCCCC(I)C(N)=O. The molecule has 0 fully saturated rings. The van der Waals surface area contributed by atoms with Crippen LogP contribution in [0.5, 0.6) is 0 Å². The normalized spacial score (nSPS) is 12.7. The average Bonchev–Trinajstić information content (AvgIpc) is 2.16. The van der Waals surface area contributed by atoms with Crippen molar-refractivity contribution in [2.24, 2.45) is 5.73 Å². The molecule has 0 saturated heterocycles. The highest BCUT2D eigenvalue weighted by molar-refractivity contribution is 14.1. The first-order chi connectivity index (χ1) is 6.68. The minimum absolute atomic E-state index is 0.0308. The largest absolute Gasteiger partial charge is 0.369 e. The number of alkyl halides is 1. The molecule has 0 aromatic heterocycles. The molecule has 84 valence electrons. The molecule has 0 radical (unpaired) electrons. The van der Waals surface area contributed by atoms with Crippen LogP contribution in [0.2, 0.25) is 0 Å². The second-order valence-electron chi connectivity index (χ2n) is 3.78. The molecule has 0 spiro atoms. The summed E-state index contributed by atoms with van der Waals surface area (Å²) >= 11 is 2.13. The van der Waals surface area contributed by atoms with E-state index in [0.717, 1.165) is 12.8 Å². The summed E-state index contributed by atoms with van der Waals surface area (Å²) in [5.74, 6) is -0.170. The van der Waals surface area contributed by atoms with Crippen LogP contribution in [0.25, 0.3) is 0 Å². The molecule has 0 aromatic rings. The Hall–Kier alpha value is 0.200. The Morgan fingerprint density at radius 2 is 1.64 bits per heavy atom. The monoisotopic (exact) mass is 311 g/mol. The van der Waals surface area contributed by atoms with E-state index in [1.54, 1.807) is 0 Å². The highest BCUT2D eigenvalue weighted by Crippen LogP contribution is 2.13. The number of carbonyl (C=O) groups is 1. The van der Waals surface area contributed by atoms with E-state index in [9.17, 15) is 4.79 Å². The maximum Gasteiger partial charge on any atom is 0.230 e. The molecule has 14 heavy (non-hydrogen) atoms. The summed E-state index contributed by atoms with van der Waals surface area (Å²) in [4.78, 5) is 10.7. The third-order valence-corrected chi connectivity index (χ3v) is 3.61. The Kier molecular flexibility index (Phi) is 9.88. The Morgan fingerprint density at radius 1 is 1.14 bits per heavy atom. The number of carbonyl (C=O) groups excluding carboxylic acids is 1. The van der Waals surface area contributed by atoms with Gasteiger partial charge in [0, 0.05) is 0 Å². The highest BCUT2D eigenvalue weighted by Gasteiger charge is 2.08. The Labute approximate surface area is 101 Å². The molecule has 0 rings (SSSR count). The molecule has 0 aliphatic heterocycles. The second kappa shape index (κ2) is 9.74. The summed E-state index contributed by atoms with van der Waals surface area (Å²) in [6.45, 7) is 2.23. The average molecular weight is 311 g/mol. The van der Waals surface area contributed by atoms with Crippen molar-refractivity contribution in [1.82, 2.24) is 0 Å². The molecule has 1 unspecified atom stereocenters. The maximum absolute atomic E-state index is 10.7. The van der Waals surface area contributed by atoms with Crippen LogP contribution in [-0.2, 0) is 4.79 Å². The van der Waals surface area contributed by atoms with Crippen molar-refractivity contribution in [2.75, 3.05) is 0 Å². The van der Waals surface area contributed by atoms with Gasteiger partial charge in [-0.2, -0.15) is 0 Å². The topological polar surface area (TPSA) is 43.1 Å². The quantitative estimate of drug-likeness (QED) is 0.396. The molecule has 0 bridgehead atoms. The summed E-state index contributed by atoms with van der Waals surface area (Å²) in [5, 5.41) is 0. The molecule has 1 amide bonds. The van der Waals surface area contributed by atoms with E-state index in [1.807, 2.05) is 0 Å². The maximum atomic E-state index is 10.7. The third-order valence-electron chi connectivity index (χ3n) is 2.37. The zero-order valence-corrected chi connectivity index (χ0v) is 11.3. The predicted octanol–water partition coefficient (Wildman–Crippen LogP) is 3.42. The molecule has 0 saturated carbocycles. The fraction of sp³-hybridized carbons (Fsp3) is 0.909. The predicted molar refractivity (Wildman–Crippen MR) is 69.6 cm³/mol. The second-order valence-corrected chi connectivity index (χ2v) is 5.28. The van der Waals surface area contributed by atoms with Gasteiger partial charge in [0.1, 0.15) is 0 Å². The van der Waals surface area contributed by atoms with Crippen molar-refractivity contribution >= 4 is 28.5 Å². The number of primary amides is 1. The van der Waals surface area contributed by atoms with Gasteiger partial charge in [0.05, 0.1) is 3.92 Å². The number of amides is 1. The minimum atomic E-state index is -0.170. The zero-order chi connectivity index (χ0) is 10.8. The van der Waals surface area contributed by atoms with E-state index in [4.69, 9.17) is 5.73 Å². The fourth-order valence-corrected chi connectivity index (χ4v) is 1.86. The lowest BCUT2D eigenvalue weighted by Crippen LogP contribution is -2.22. The summed E-state index contributed by atoms with van der Waals surface area (Å²) in [6.07, 6.45) is 10.0. The van der Waals surface area contributed by atoms with Gasteiger partial charge in [0.25, 0.3) is 0 Å². The molecule has 0 aromatic carbocycles. The van der Waals surface area contributed by atoms with Gasteiger partial charge in [-0.1, -0.05) is 74.5 Å². The molecule has 0 heterocycles. The third kappa shape index (κ3) is 8.78. The van der Waals surface area contributed by atoms with Crippen LogP contribution in [0.1, 0.15) is 58.3 Å². The number of unbranched alkanes of at least 4 members (excludes halogenated alkanes) is 6. The number of hydrogen-bond acceptors (Lipinski definition) is 1. The summed E-state index contributed by atoms with van der Waals surface area (Å²) in [5.41, 5.74) is 5.17.